The molecule has 1 atom stereocenters. The molecule has 0 aromatic rings. The lowest BCUT2D eigenvalue weighted by atomic mass is 10.2. The molecular formula is C5H12FNO. The summed E-state index contributed by atoms with van der Waals surface area (Å²) < 4.78 is 11.4. The van der Waals surface area contributed by atoms with E-state index in [1.807, 2.05) is 0 Å². The fraction of sp³-hybridized carbons (Fsp3) is 1.00. The van der Waals surface area contributed by atoms with E-state index < -0.39 is 0 Å². The van der Waals surface area contributed by atoms with Gasteiger partial charge in [0.25, 0.3) is 0 Å². The molecule has 0 saturated carbocycles. The Bertz CT molecular complexity index is 51.7. The number of aliphatic hydroxyl groups excluding tert-OH is 1. The lowest BCUT2D eigenvalue weighted by molar-refractivity contribution is 0.255. The minimum absolute atomic E-state index is 0.0417. The number of nitrogens with two attached hydrogens (primary N) is 1. The van der Waals surface area contributed by atoms with Crippen molar-refractivity contribution in [3.05, 3.63) is 0 Å². The van der Waals surface area contributed by atoms with Crippen molar-refractivity contribution in [3.63, 3.8) is 0 Å². The molecule has 0 heterocycles. The third kappa shape index (κ3) is 4.02. The van der Waals surface area contributed by atoms with Crippen LogP contribution in [0.4, 0.5) is 4.39 Å². The van der Waals surface area contributed by atoms with Gasteiger partial charge in [0.1, 0.15) is 0 Å². The first-order valence-electron chi connectivity index (χ1n) is 2.73. The Kier molecular flexibility index (Phi) is 4.90. The Balaban J connectivity index is 2.86. The molecule has 0 radical (unpaired) electrons. The summed E-state index contributed by atoms with van der Waals surface area (Å²) in [6.45, 7) is -0.381. The van der Waals surface area contributed by atoms with E-state index in [0.717, 1.165) is 0 Å². The highest BCUT2D eigenvalue weighted by molar-refractivity contribution is 4.56. The average molecular weight is 121 g/mol. The third-order valence-electron chi connectivity index (χ3n) is 0.943. The second-order valence-corrected chi connectivity index (χ2v) is 1.77. The minimum atomic E-state index is -0.340. The van der Waals surface area contributed by atoms with Gasteiger partial charge in [-0.1, -0.05) is 0 Å². The molecule has 0 rings (SSSR count). The normalized spacial score (nSPS) is 13.9. The monoisotopic (exact) mass is 121 g/mol. The molecule has 3 heteroatoms. The molecular weight excluding hydrogens is 109 g/mol. The van der Waals surface area contributed by atoms with Crippen LogP contribution >= 0.6 is 0 Å². The second-order valence-electron chi connectivity index (χ2n) is 1.77. The Hall–Kier alpha value is -0.150. The molecule has 0 saturated heterocycles. The van der Waals surface area contributed by atoms with E-state index in [-0.39, 0.29) is 19.3 Å². The highest BCUT2D eigenvalue weighted by Gasteiger charge is 1.97. The zero-order valence-corrected chi connectivity index (χ0v) is 4.81. The fourth-order valence-electron chi connectivity index (χ4n) is 0.431. The lowest BCUT2D eigenvalue weighted by Gasteiger charge is -2.03. The summed E-state index contributed by atoms with van der Waals surface area (Å²) in [5.74, 6) is 0. The summed E-state index contributed by atoms with van der Waals surface area (Å²) >= 11 is 0. The van der Waals surface area contributed by atoms with Crippen LogP contribution in [0.3, 0.4) is 0 Å². The Morgan fingerprint density at radius 1 is 1.62 bits per heavy atom. The molecule has 0 unspecified atom stereocenters. The molecule has 0 aliphatic rings. The molecule has 0 aliphatic heterocycles. The average Bonchev–Trinajstić information content (AvgIpc) is 1.83. The second kappa shape index (κ2) is 5.00. The number of aliphatic hydroxyl groups is 1. The summed E-state index contributed by atoms with van der Waals surface area (Å²) in [7, 11) is 0. The van der Waals surface area contributed by atoms with Crippen molar-refractivity contribution in [2.75, 3.05) is 13.3 Å². The van der Waals surface area contributed by atoms with Gasteiger partial charge in [0.15, 0.2) is 0 Å². The highest BCUT2D eigenvalue weighted by atomic mass is 19.1. The van der Waals surface area contributed by atoms with E-state index >= 15 is 0 Å². The number of hydrogen-bond acceptors (Lipinski definition) is 2. The van der Waals surface area contributed by atoms with E-state index in [9.17, 15) is 4.39 Å². The standard InChI is InChI=1S/C5H12FNO/c6-3-1-2-5(7)4-8/h5,8H,1-4,7H2/t5-/m0/s1. The van der Waals surface area contributed by atoms with Crippen molar-refractivity contribution < 1.29 is 9.50 Å². The van der Waals surface area contributed by atoms with E-state index in [1.165, 1.54) is 0 Å². The van der Waals surface area contributed by atoms with Gasteiger partial charge >= 0.3 is 0 Å². The summed E-state index contributed by atoms with van der Waals surface area (Å²) in [6, 6.07) is -0.231. The fourth-order valence-corrected chi connectivity index (χ4v) is 0.431. The van der Waals surface area contributed by atoms with Crippen LogP contribution in [0.2, 0.25) is 0 Å². The largest absolute Gasteiger partial charge is 0.395 e. The van der Waals surface area contributed by atoms with Gasteiger partial charge in [-0.2, -0.15) is 0 Å². The van der Waals surface area contributed by atoms with Crippen LogP contribution in [0.1, 0.15) is 12.8 Å². The Morgan fingerprint density at radius 2 is 2.25 bits per heavy atom. The number of rotatable bonds is 4. The first-order chi connectivity index (χ1) is 3.81. The van der Waals surface area contributed by atoms with Crippen LogP contribution in [-0.4, -0.2) is 24.4 Å². The predicted octanol–water partition coefficient (Wildman–Crippen LogP) is 0.0557. The van der Waals surface area contributed by atoms with E-state index in [2.05, 4.69) is 0 Å². The van der Waals surface area contributed by atoms with Crippen LogP contribution in [-0.2, 0) is 0 Å². The summed E-state index contributed by atoms with van der Waals surface area (Å²) in [5, 5.41) is 8.31. The van der Waals surface area contributed by atoms with Gasteiger partial charge in [-0.3, -0.25) is 4.39 Å². The van der Waals surface area contributed by atoms with Gasteiger partial charge < -0.3 is 10.8 Å². The van der Waals surface area contributed by atoms with Crippen molar-refractivity contribution in [1.82, 2.24) is 0 Å². The lowest BCUT2D eigenvalue weighted by Crippen LogP contribution is -2.23. The van der Waals surface area contributed by atoms with Gasteiger partial charge in [-0.15, -0.1) is 0 Å². The molecule has 0 aromatic carbocycles. The van der Waals surface area contributed by atoms with Crippen LogP contribution < -0.4 is 5.73 Å². The highest BCUT2D eigenvalue weighted by Crippen LogP contribution is 1.92. The molecule has 50 valence electrons. The topological polar surface area (TPSA) is 46.2 Å². The van der Waals surface area contributed by atoms with Gasteiger partial charge in [0.05, 0.1) is 13.3 Å². The maximum absolute atomic E-state index is 11.4. The van der Waals surface area contributed by atoms with E-state index in [4.69, 9.17) is 10.8 Å². The van der Waals surface area contributed by atoms with Crippen molar-refractivity contribution in [1.29, 1.82) is 0 Å². The van der Waals surface area contributed by atoms with E-state index in [0.29, 0.717) is 12.8 Å². The van der Waals surface area contributed by atoms with Crippen molar-refractivity contribution in [2.45, 2.75) is 18.9 Å². The quantitative estimate of drug-likeness (QED) is 0.552. The Morgan fingerprint density at radius 3 is 2.62 bits per heavy atom. The predicted molar refractivity (Wildman–Crippen MR) is 30.3 cm³/mol. The SMILES string of the molecule is N[C@H](CO)CCCF. The Labute approximate surface area is 48.5 Å². The van der Waals surface area contributed by atoms with Crippen molar-refractivity contribution >= 4 is 0 Å². The maximum Gasteiger partial charge on any atom is 0.0895 e. The smallest absolute Gasteiger partial charge is 0.0895 e. The van der Waals surface area contributed by atoms with Crippen LogP contribution in [0.15, 0.2) is 0 Å². The molecule has 0 aromatic heterocycles. The summed E-state index contributed by atoms with van der Waals surface area (Å²) in [5.41, 5.74) is 5.24. The van der Waals surface area contributed by atoms with E-state index in [1.54, 1.807) is 0 Å². The maximum atomic E-state index is 11.4. The van der Waals surface area contributed by atoms with Crippen LogP contribution in [0.5, 0.6) is 0 Å². The van der Waals surface area contributed by atoms with Gasteiger partial charge in [-0.25, -0.2) is 0 Å². The molecule has 0 amide bonds. The molecule has 0 aliphatic carbocycles. The zero-order chi connectivity index (χ0) is 6.41. The summed E-state index contributed by atoms with van der Waals surface area (Å²) in [6.07, 6.45) is 1.04. The molecule has 0 bridgehead atoms. The molecule has 0 fully saturated rings. The molecule has 2 nitrogen and oxygen atoms in total. The van der Waals surface area contributed by atoms with Gasteiger partial charge in [0.2, 0.25) is 0 Å². The third-order valence-corrected chi connectivity index (χ3v) is 0.943. The van der Waals surface area contributed by atoms with Crippen molar-refractivity contribution in [3.8, 4) is 0 Å². The van der Waals surface area contributed by atoms with Crippen molar-refractivity contribution in [2.24, 2.45) is 5.73 Å². The molecule has 0 spiro atoms. The minimum Gasteiger partial charge on any atom is -0.395 e. The van der Waals surface area contributed by atoms with Gasteiger partial charge in [0, 0.05) is 6.04 Å². The first-order valence-corrected chi connectivity index (χ1v) is 2.73. The van der Waals surface area contributed by atoms with Crippen LogP contribution in [0, 0.1) is 0 Å². The number of alkyl halides is 1. The molecule has 3 N–H and O–H groups in total. The zero-order valence-electron chi connectivity index (χ0n) is 4.81. The van der Waals surface area contributed by atoms with Gasteiger partial charge in [-0.05, 0) is 12.8 Å². The summed E-state index contributed by atoms with van der Waals surface area (Å²) in [4.78, 5) is 0. The number of halogens is 1. The molecule has 8 heavy (non-hydrogen) atoms. The number of hydrogen-bond donors (Lipinski definition) is 2. The van der Waals surface area contributed by atoms with Crippen LogP contribution in [0.25, 0.3) is 0 Å². The first kappa shape index (κ1) is 7.85.